The molecule has 0 saturated heterocycles. The quantitative estimate of drug-likeness (QED) is 0.829. The van der Waals surface area contributed by atoms with Crippen molar-refractivity contribution < 1.29 is 4.79 Å². The van der Waals surface area contributed by atoms with Crippen LogP contribution in [0.5, 0.6) is 0 Å². The maximum atomic E-state index is 11.2. The van der Waals surface area contributed by atoms with E-state index in [-0.39, 0.29) is 5.91 Å². The van der Waals surface area contributed by atoms with E-state index in [2.05, 4.69) is 17.6 Å². The lowest BCUT2D eigenvalue weighted by molar-refractivity contribution is -0.115. The number of rotatable bonds is 3. The Morgan fingerprint density at radius 3 is 3.07 bits per heavy atom. The maximum absolute atomic E-state index is 11.2. The summed E-state index contributed by atoms with van der Waals surface area (Å²) in [6.45, 7) is 2.99. The van der Waals surface area contributed by atoms with Crippen LogP contribution in [0, 0.1) is 0 Å². The number of halogens is 1. The first-order valence-corrected chi connectivity index (χ1v) is 5.44. The lowest BCUT2D eigenvalue weighted by Gasteiger charge is -2.09. The highest BCUT2D eigenvalue weighted by Gasteiger charge is 2.19. The summed E-state index contributed by atoms with van der Waals surface area (Å²) in [6.07, 6.45) is 1.50. The number of hydrogen-bond acceptors (Lipinski definition) is 2. The molecule has 0 aromatic heterocycles. The molecule has 1 heterocycles. The summed E-state index contributed by atoms with van der Waals surface area (Å²) in [5.41, 5.74) is 2.77. The van der Waals surface area contributed by atoms with Gasteiger partial charge in [0.1, 0.15) is 0 Å². The summed E-state index contributed by atoms with van der Waals surface area (Å²) < 4.78 is 0. The number of anilines is 2. The molecule has 0 fully saturated rings. The largest absolute Gasteiger partial charge is 0.384 e. The predicted octanol–water partition coefficient (Wildman–Crippen LogP) is 2.66. The molecule has 1 aromatic carbocycles. The molecule has 2 rings (SSSR count). The molecular formula is C11H13ClN2O. The molecule has 0 aliphatic carbocycles. The van der Waals surface area contributed by atoms with E-state index < -0.39 is 0 Å². The molecule has 1 amide bonds. The normalized spacial score (nSPS) is 13.6. The fourth-order valence-electron chi connectivity index (χ4n) is 1.64. The highest BCUT2D eigenvalue weighted by atomic mass is 35.5. The number of amides is 1. The third-order valence-corrected chi connectivity index (χ3v) is 2.70. The summed E-state index contributed by atoms with van der Waals surface area (Å²) >= 11 is 6.08. The Hall–Kier alpha value is -1.22. The van der Waals surface area contributed by atoms with E-state index >= 15 is 0 Å². The molecule has 0 spiro atoms. The van der Waals surface area contributed by atoms with Crippen molar-refractivity contribution in [2.75, 3.05) is 17.2 Å². The molecule has 0 atom stereocenters. The number of fused-ring (bicyclic) bond motifs is 1. The molecular weight excluding hydrogens is 212 g/mol. The van der Waals surface area contributed by atoms with Crippen molar-refractivity contribution in [3.8, 4) is 0 Å². The minimum atomic E-state index is 0.0358. The van der Waals surface area contributed by atoms with Crippen LogP contribution in [0.1, 0.15) is 18.9 Å². The van der Waals surface area contributed by atoms with Gasteiger partial charge in [0.15, 0.2) is 0 Å². The van der Waals surface area contributed by atoms with Gasteiger partial charge in [-0.05, 0) is 24.1 Å². The molecule has 4 heteroatoms. The number of carbonyl (C=O) groups excluding carboxylic acids is 1. The predicted molar refractivity (Wildman–Crippen MR) is 62.6 cm³/mol. The van der Waals surface area contributed by atoms with Crippen molar-refractivity contribution in [3.05, 3.63) is 22.7 Å². The van der Waals surface area contributed by atoms with Crippen LogP contribution in [0.2, 0.25) is 5.02 Å². The summed E-state index contributed by atoms with van der Waals surface area (Å²) in [5, 5.41) is 6.66. The van der Waals surface area contributed by atoms with Crippen LogP contribution in [0.3, 0.4) is 0 Å². The number of nitrogens with one attached hydrogen (secondary N) is 2. The molecule has 0 radical (unpaired) electrons. The van der Waals surface area contributed by atoms with Crippen LogP contribution in [-0.4, -0.2) is 12.5 Å². The Labute approximate surface area is 93.8 Å². The fraction of sp³-hybridized carbons (Fsp3) is 0.364. The van der Waals surface area contributed by atoms with Gasteiger partial charge in [0.25, 0.3) is 0 Å². The second-order valence-electron chi connectivity index (χ2n) is 3.64. The standard InChI is InChI=1S/C11H13ClN2O/c1-2-3-13-10-4-7-5-11(15)14-9(7)6-8(10)12/h4,6,13H,2-3,5H2,1H3,(H,14,15). The minimum absolute atomic E-state index is 0.0358. The molecule has 0 saturated carbocycles. The summed E-state index contributed by atoms with van der Waals surface area (Å²) in [6, 6.07) is 3.75. The average molecular weight is 225 g/mol. The number of hydrogen-bond donors (Lipinski definition) is 2. The Morgan fingerprint density at radius 2 is 2.33 bits per heavy atom. The first-order chi connectivity index (χ1) is 7.20. The van der Waals surface area contributed by atoms with Crippen LogP contribution in [0.15, 0.2) is 12.1 Å². The van der Waals surface area contributed by atoms with Gasteiger partial charge in [-0.2, -0.15) is 0 Å². The first kappa shape index (κ1) is 10.3. The van der Waals surface area contributed by atoms with Crippen molar-refractivity contribution in [2.45, 2.75) is 19.8 Å². The minimum Gasteiger partial charge on any atom is -0.384 e. The van der Waals surface area contributed by atoms with Crippen molar-refractivity contribution in [1.29, 1.82) is 0 Å². The van der Waals surface area contributed by atoms with Crippen LogP contribution < -0.4 is 10.6 Å². The maximum Gasteiger partial charge on any atom is 0.228 e. The monoisotopic (exact) mass is 224 g/mol. The first-order valence-electron chi connectivity index (χ1n) is 5.07. The zero-order chi connectivity index (χ0) is 10.8. The summed E-state index contributed by atoms with van der Waals surface area (Å²) in [5.74, 6) is 0.0358. The molecule has 1 aromatic rings. The van der Waals surface area contributed by atoms with Gasteiger partial charge < -0.3 is 10.6 Å². The SMILES string of the molecule is CCCNc1cc2c(cc1Cl)NC(=O)C2. The Kier molecular flexibility index (Phi) is 2.82. The van der Waals surface area contributed by atoms with Crippen molar-refractivity contribution in [2.24, 2.45) is 0 Å². The topological polar surface area (TPSA) is 41.1 Å². The third-order valence-electron chi connectivity index (χ3n) is 2.38. The molecule has 3 nitrogen and oxygen atoms in total. The van der Waals surface area contributed by atoms with Gasteiger partial charge in [-0.1, -0.05) is 18.5 Å². The van der Waals surface area contributed by atoms with Crippen LogP contribution in [0.25, 0.3) is 0 Å². The van der Waals surface area contributed by atoms with E-state index in [1.54, 1.807) is 6.07 Å². The van der Waals surface area contributed by atoms with E-state index in [1.807, 2.05) is 6.07 Å². The van der Waals surface area contributed by atoms with E-state index in [4.69, 9.17) is 11.6 Å². The second-order valence-corrected chi connectivity index (χ2v) is 4.05. The smallest absolute Gasteiger partial charge is 0.228 e. The molecule has 1 aliphatic rings. The number of carbonyl (C=O) groups is 1. The lowest BCUT2D eigenvalue weighted by Crippen LogP contribution is -2.03. The zero-order valence-corrected chi connectivity index (χ0v) is 9.32. The highest BCUT2D eigenvalue weighted by molar-refractivity contribution is 6.33. The lowest BCUT2D eigenvalue weighted by atomic mass is 10.1. The van der Waals surface area contributed by atoms with E-state index in [0.29, 0.717) is 11.4 Å². The van der Waals surface area contributed by atoms with Gasteiger partial charge in [0.05, 0.1) is 17.1 Å². The van der Waals surface area contributed by atoms with Gasteiger partial charge >= 0.3 is 0 Å². The average Bonchev–Trinajstić information content (AvgIpc) is 2.53. The highest BCUT2D eigenvalue weighted by Crippen LogP contribution is 2.32. The number of benzene rings is 1. The molecule has 0 bridgehead atoms. The van der Waals surface area contributed by atoms with Gasteiger partial charge in [0.2, 0.25) is 5.91 Å². The molecule has 1 aliphatic heterocycles. The van der Waals surface area contributed by atoms with Crippen molar-refractivity contribution in [3.63, 3.8) is 0 Å². The summed E-state index contributed by atoms with van der Waals surface area (Å²) in [7, 11) is 0. The van der Waals surface area contributed by atoms with E-state index in [9.17, 15) is 4.79 Å². The van der Waals surface area contributed by atoms with Crippen LogP contribution in [0.4, 0.5) is 11.4 Å². The van der Waals surface area contributed by atoms with Gasteiger partial charge in [-0.3, -0.25) is 4.79 Å². The Morgan fingerprint density at radius 1 is 1.53 bits per heavy atom. The zero-order valence-electron chi connectivity index (χ0n) is 8.56. The van der Waals surface area contributed by atoms with Gasteiger partial charge in [0, 0.05) is 12.2 Å². The van der Waals surface area contributed by atoms with Crippen LogP contribution >= 0.6 is 11.6 Å². The van der Waals surface area contributed by atoms with E-state index in [1.165, 1.54) is 0 Å². The molecule has 15 heavy (non-hydrogen) atoms. The second kappa shape index (κ2) is 4.11. The van der Waals surface area contributed by atoms with Crippen LogP contribution in [-0.2, 0) is 11.2 Å². The molecule has 0 unspecified atom stereocenters. The van der Waals surface area contributed by atoms with Gasteiger partial charge in [-0.25, -0.2) is 0 Å². The van der Waals surface area contributed by atoms with Crippen molar-refractivity contribution >= 4 is 28.9 Å². The Bertz CT molecular complexity index is 404. The fourth-order valence-corrected chi connectivity index (χ4v) is 1.87. The molecule has 2 N–H and O–H groups in total. The van der Waals surface area contributed by atoms with Crippen molar-refractivity contribution in [1.82, 2.24) is 0 Å². The summed E-state index contributed by atoms with van der Waals surface area (Å²) in [4.78, 5) is 11.2. The van der Waals surface area contributed by atoms with E-state index in [0.717, 1.165) is 29.9 Å². The van der Waals surface area contributed by atoms with Gasteiger partial charge in [-0.15, -0.1) is 0 Å². The Balaban J connectivity index is 2.27. The molecule has 80 valence electrons. The third kappa shape index (κ3) is 2.07.